The van der Waals surface area contributed by atoms with E-state index in [4.69, 9.17) is 10.5 Å². The molecule has 1 aromatic heterocycles. The molecule has 1 unspecified atom stereocenters. The van der Waals surface area contributed by atoms with Gasteiger partial charge in [-0.25, -0.2) is 9.97 Å². The lowest BCUT2D eigenvalue weighted by Crippen LogP contribution is -2.32. The number of nitrogens with two attached hydrogens (primary N) is 1. The first-order chi connectivity index (χ1) is 9.36. The zero-order chi connectivity index (χ0) is 14.8. The van der Waals surface area contributed by atoms with Crippen LogP contribution in [0.3, 0.4) is 0 Å². The van der Waals surface area contributed by atoms with Gasteiger partial charge in [0, 0.05) is 26.3 Å². The highest BCUT2D eigenvalue weighted by Gasteiger charge is 2.35. The number of ether oxygens (including phenoxy) is 1. The number of hydrogen-bond acceptors (Lipinski definition) is 5. The third-order valence-electron chi connectivity index (χ3n) is 3.16. The second-order valence-electron chi connectivity index (χ2n) is 4.94. The molecule has 0 spiro atoms. The molecule has 1 atom stereocenters. The van der Waals surface area contributed by atoms with Crippen molar-refractivity contribution in [2.24, 2.45) is 5.92 Å². The number of nitrogen functional groups attached to an aromatic ring is 1. The van der Waals surface area contributed by atoms with E-state index in [0.29, 0.717) is 19.1 Å². The Bertz CT molecular complexity index is 461. The molecule has 0 saturated carbocycles. The lowest BCUT2D eigenvalue weighted by molar-refractivity contribution is -0.144. The lowest BCUT2D eigenvalue weighted by Gasteiger charge is -2.28. The number of anilines is 2. The van der Waals surface area contributed by atoms with Crippen molar-refractivity contribution in [3.05, 3.63) is 11.9 Å². The summed E-state index contributed by atoms with van der Waals surface area (Å²) in [6, 6.07) is 1.35. The molecule has 2 N–H and O–H groups in total. The van der Waals surface area contributed by atoms with E-state index in [1.54, 1.807) is 11.9 Å². The van der Waals surface area contributed by atoms with Crippen LogP contribution in [0.4, 0.5) is 24.8 Å². The minimum absolute atomic E-state index is 0.176. The van der Waals surface area contributed by atoms with Crippen LogP contribution in [0.25, 0.3) is 0 Å². The van der Waals surface area contributed by atoms with Gasteiger partial charge in [0.25, 0.3) is 0 Å². The summed E-state index contributed by atoms with van der Waals surface area (Å²) in [4.78, 5) is 8.42. The summed E-state index contributed by atoms with van der Waals surface area (Å²) in [6.07, 6.45) is -2.63. The summed E-state index contributed by atoms with van der Waals surface area (Å²) < 4.78 is 43.3. The van der Waals surface area contributed by atoms with Crippen molar-refractivity contribution < 1.29 is 17.9 Å². The Hall–Kier alpha value is -1.57. The summed E-state index contributed by atoms with van der Waals surface area (Å²) in [5.41, 5.74) is 5.42. The minimum atomic E-state index is -4.60. The minimum Gasteiger partial charge on any atom is -0.384 e. The van der Waals surface area contributed by atoms with Gasteiger partial charge in [-0.05, 0) is 18.8 Å². The molecule has 0 bridgehead atoms. The Morgan fingerprint density at radius 2 is 2.20 bits per heavy atom. The van der Waals surface area contributed by atoms with Gasteiger partial charge in [0.15, 0.2) is 0 Å². The fourth-order valence-electron chi connectivity index (χ4n) is 2.21. The summed E-state index contributed by atoms with van der Waals surface area (Å²) in [6.45, 7) is 1.95. The monoisotopic (exact) mass is 290 g/mol. The Kier molecular flexibility index (Phi) is 4.32. The number of rotatable bonds is 3. The average molecular weight is 290 g/mol. The van der Waals surface area contributed by atoms with Crippen LogP contribution in [0.5, 0.6) is 0 Å². The summed E-state index contributed by atoms with van der Waals surface area (Å²) in [5, 5.41) is 0. The van der Waals surface area contributed by atoms with E-state index in [-0.39, 0.29) is 11.6 Å². The number of alkyl halides is 3. The van der Waals surface area contributed by atoms with Crippen molar-refractivity contribution in [2.45, 2.75) is 19.0 Å². The second kappa shape index (κ2) is 5.82. The van der Waals surface area contributed by atoms with Crippen LogP contribution in [-0.4, -0.2) is 36.8 Å². The van der Waals surface area contributed by atoms with Crippen LogP contribution >= 0.6 is 0 Å². The quantitative estimate of drug-likeness (QED) is 0.921. The summed E-state index contributed by atoms with van der Waals surface area (Å²) in [5.74, 6) is -0.928. The van der Waals surface area contributed by atoms with Crippen LogP contribution in [0.15, 0.2) is 6.07 Å². The second-order valence-corrected chi connectivity index (χ2v) is 4.94. The standard InChI is InChI=1S/C12H17F3N4O/c1-19(6-8-3-2-4-20-7-8)10-5-9(16)17-11(18-10)12(13,14)15/h5,8H,2-4,6-7H2,1H3,(H2,16,17,18). The first-order valence-electron chi connectivity index (χ1n) is 6.37. The van der Waals surface area contributed by atoms with Crippen LogP contribution in [-0.2, 0) is 10.9 Å². The molecule has 5 nitrogen and oxygen atoms in total. The molecular weight excluding hydrogens is 273 g/mol. The predicted molar refractivity (Wildman–Crippen MR) is 68.3 cm³/mol. The van der Waals surface area contributed by atoms with Gasteiger partial charge < -0.3 is 15.4 Å². The fraction of sp³-hybridized carbons (Fsp3) is 0.667. The van der Waals surface area contributed by atoms with Crippen molar-refractivity contribution in [3.63, 3.8) is 0 Å². The van der Waals surface area contributed by atoms with Crippen molar-refractivity contribution in [1.82, 2.24) is 9.97 Å². The largest absolute Gasteiger partial charge is 0.451 e. The average Bonchev–Trinajstić information content (AvgIpc) is 2.38. The van der Waals surface area contributed by atoms with E-state index < -0.39 is 12.0 Å². The molecule has 0 radical (unpaired) electrons. The summed E-state index contributed by atoms with van der Waals surface area (Å²) >= 11 is 0. The van der Waals surface area contributed by atoms with Gasteiger partial charge in [-0.2, -0.15) is 13.2 Å². The molecule has 0 aromatic carbocycles. The highest BCUT2D eigenvalue weighted by molar-refractivity contribution is 5.46. The molecule has 1 aliphatic rings. The molecule has 1 aliphatic heterocycles. The maximum atomic E-state index is 12.7. The number of nitrogens with zero attached hydrogens (tertiary/aromatic N) is 3. The molecule has 20 heavy (non-hydrogen) atoms. The van der Waals surface area contributed by atoms with Crippen molar-refractivity contribution in [3.8, 4) is 0 Å². The first-order valence-corrected chi connectivity index (χ1v) is 6.37. The van der Waals surface area contributed by atoms with Crippen LogP contribution < -0.4 is 10.6 Å². The first kappa shape index (κ1) is 14.8. The SMILES string of the molecule is CN(CC1CCCOC1)c1cc(N)nc(C(F)(F)F)n1. The highest BCUT2D eigenvalue weighted by Crippen LogP contribution is 2.28. The third-order valence-corrected chi connectivity index (χ3v) is 3.16. The van der Waals surface area contributed by atoms with E-state index in [1.807, 2.05) is 0 Å². The summed E-state index contributed by atoms with van der Waals surface area (Å²) in [7, 11) is 1.69. The van der Waals surface area contributed by atoms with Gasteiger partial charge in [-0.1, -0.05) is 0 Å². The van der Waals surface area contributed by atoms with Crippen LogP contribution in [0.1, 0.15) is 18.7 Å². The van der Waals surface area contributed by atoms with E-state index in [0.717, 1.165) is 19.4 Å². The topological polar surface area (TPSA) is 64.3 Å². The van der Waals surface area contributed by atoms with E-state index in [2.05, 4.69) is 9.97 Å². The molecule has 112 valence electrons. The molecule has 1 aromatic rings. The van der Waals surface area contributed by atoms with Crippen molar-refractivity contribution in [2.75, 3.05) is 37.4 Å². The molecule has 0 amide bonds. The number of halogens is 3. The van der Waals surface area contributed by atoms with Gasteiger partial charge in [0.2, 0.25) is 5.82 Å². The van der Waals surface area contributed by atoms with Gasteiger partial charge >= 0.3 is 6.18 Å². The smallest absolute Gasteiger partial charge is 0.384 e. The molecule has 8 heteroatoms. The van der Waals surface area contributed by atoms with Crippen molar-refractivity contribution >= 4 is 11.6 Å². The Labute approximate surface area is 114 Å². The normalized spacial score (nSPS) is 19.9. The fourth-order valence-corrected chi connectivity index (χ4v) is 2.21. The van der Waals surface area contributed by atoms with Gasteiger partial charge in [-0.3, -0.25) is 0 Å². The Balaban J connectivity index is 2.12. The predicted octanol–water partition coefficient (Wildman–Crippen LogP) is 1.94. The van der Waals surface area contributed by atoms with Crippen LogP contribution in [0.2, 0.25) is 0 Å². The third kappa shape index (κ3) is 3.72. The molecule has 2 heterocycles. The van der Waals surface area contributed by atoms with Crippen LogP contribution in [0, 0.1) is 5.92 Å². The lowest BCUT2D eigenvalue weighted by atomic mass is 10.0. The van der Waals surface area contributed by atoms with Gasteiger partial charge in [0.05, 0.1) is 6.61 Å². The Morgan fingerprint density at radius 3 is 2.80 bits per heavy atom. The maximum Gasteiger partial charge on any atom is 0.451 e. The van der Waals surface area contributed by atoms with E-state index in [9.17, 15) is 13.2 Å². The molecule has 0 aliphatic carbocycles. The molecule has 2 rings (SSSR count). The highest BCUT2D eigenvalue weighted by atomic mass is 19.4. The van der Waals surface area contributed by atoms with E-state index >= 15 is 0 Å². The zero-order valence-electron chi connectivity index (χ0n) is 11.2. The molecule has 1 fully saturated rings. The maximum absolute atomic E-state index is 12.7. The number of aromatic nitrogens is 2. The molecule has 1 saturated heterocycles. The number of hydrogen-bond donors (Lipinski definition) is 1. The van der Waals surface area contributed by atoms with E-state index in [1.165, 1.54) is 6.07 Å². The molecular formula is C12H17F3N4O. The van der Waals surface area contributed by atoms with Crippen molar-refractivity contribution in [1.29, 1.82) is 0 Å². The van der Waals surface area contributed by atoms with Gasteiger partial charge in [-0.15, -0.1) is 0 Å². The Morgan fingerprint density at radius 1 is 1.45 bits per heavy atom. The van der Waals surface area contributed by atoms with Gasteiger partial charge in [0.1, 0.15) is 11.6 Å². The zero-order valence-corrected chi connectivity index (χ0v) is 11.2.